The molecule has 0 aliphatic rings. The Morgan fingerprint density at radius 2 is 1.90 bits per heavy atom. The first-order chi connectivity index (χ1) is 10.2. The van der Waals surface area contributed by atoms with E-state index in [1.165, 1.54) is 17.8 Å². The van der Waals surface area contributed by atoms with Crippen LogP contribution in [0.1, 0.15) is 5.56 Å². The van der Waals surface area contributed by atoms with Gasteiger partial charge in [0.2, 0.25) is 0 Å². The fourth-order valence-electron chi connectivity index (χ4n) is 1.95. The molecular weight excluding hydrogens is 307 g/mol. The number of thioether (sulfide) groups is 1. The third kappa shape index (κ3) is 3.28. The van der Waals surface area contributed by atoms with E-state index in [0.717, 1.165) is 16.4 Å². The number of hydrogen-bond donors (Lipinski definition) is 1. The molecule has 3 aromatic rings. The van der Waals surface area contributed by atoms with Gasteiger partial charge in [0, 0.05) is 16.3 Å². The van der Waals surface area contributed by atoms with Gasteiger partial charge >= 0.3 is 0 Å². The summed E-state index contributed by atoms with van der Waals surface area (Å²) in [4.78, 5) is 7.53. The molecule has 0 saturated heterocycles. The molecule has 0 spiro atoms. The summed E-state index contributed by atoms with van der Waals surface area (Å²) in [5.74, 6) is 0.151. The number of hydrogen-bond acceptors (Lipinski definition) is 2. The summed E-state index contributed by atoms with van der Waals surface area (Å²) >= 11 is 7.44. The minimum Gasteiger partial charge on any atom is -0.333 e. The van der Waals surface area contributed by atoms with Crippen molar-refractivity contribution in [2.45, 2.75) is 10.9 Å². The van der Waals surface area contributed by atoms with Gasteiger partial charge in [-0.05, 0) is 17.7 Å². The molecule has 0 amide bonds. The first-order valence-corrected chi connectivity index (χ1v) is 7.76. The van der Waals surface area contributed by atoms with Crippen molar-refractivity contribution in [3.8, 4) is 11.3 Å². The average Bonchev–Trinajstić information content (AvgIpc) is 2.97. The van der Waals surface area contributed by atoms with Crippen molar-refractivity contribution in [2.24, 2.45) is 0 Å². The van der Waals surface area contributed by atoms with Crippen LogP contribution < -0.4 is 0 Å². The molecule has 0 saturated carbocycles. The van der Waals surface area contributed by atoms with Crippen molar-refractivity contribution in [3.63, 3.8) is 0 Å². The molecule has 0 aliphatic carbocycles. The van der Waals surface area contributed by atoms with Crippen molar-refractivity contribution in [3.05, 3.63) is 71.1 Å². The predicted octanol–water partition coefficient (Wildman–Crippen LogP) is 5.16. The summed E-state index contributed by atoms with van der Waals surface area (Å²) in [5.41, 5.74) is 2.51. The van der Waals surface area contributed by atoms with Crippen LogP contribution in [0.3, 0.4) is 0 Å². The lowest BCUT2D eigenvalue weighted by Crippen LogP contribution is -1.89. The molecule has 3 rings (SSSR count). The lowest BCUT2D eigenvalue weighted by molar-refractivity contribution is 0.617. The van der Waals surface area contributed by atoms with Crippen LogP contribution in [0.4, 0.5) is 4.39 Å². The number of H-pyrrole nitrogens is 1. The summed E-state index contributed by atoms with van der Waals surface area (Å²) in [6.07, 6.45) is 1.78. The molecular formula is C16H12ClFN2S. The topological polar surface area (TPSA) is 28.7 Å². The summed E-state index contributed by atoms with van der Waals surface area (Å²) < 4.78 is 13.7. The molecule has 5 heteroatoms. The van der Waals surface area contributed by atoms with E-state index in [4.69, 9.17) is 11.6 Å². The Balaban J connectivity index is 1.74. The SMILES string of the molecule is Fc1cccc(Cl)c1CSc1ncc(-c2ccccc2)[nH]1. The van der Waals surface area contributed by atoms with E-state index < -0.39 is 0 Å². The molecule has 0 fully saturated rings. The summed E-state index contributed by atoms with van der Waals surface area (Å²) in [6, 6.07) is 14.6. The van der Waals surface area contributed by atoms with E-state index in [-0.39, 0.29) is 5.82 Å². The number of nitrogens with zero attached hydrogens (tertiary/aromatic N) is 1. The lowest BCUT2D eigenvalue weighted by atomic mass is 10.2. The molecule has 1 N–H and O–H groups in total. The minimum absolute atomic E-state index is 0.287. The Kier molecular flexibility index (Phi) is 4.27. The quantitative estimate of drug-likeness (QED) is 0.673. The van der Waals surface area contributed by atoms with E-state index in [0.29, 0.717) is 16.3 Å². The summed E-state index contributed by atoms with van der Waals surface area (Å²) in [7, 11) is 0. The minimum atomic E-state index is -0.287. The molecule has 21 heavy (non-hydrogen) atoms. The second kappa shape index (κ2) is 6.33. The Bertz CT molecular complexity index is 723. The Morgan fingerprint density at radius 1 is 1.10 bits per heavy atom. The molecule has 106 valence electrons. The lowest BCUT2D eigenvalue weighted by Gasteiger charge is -2.03. The van der Waals surface area contributed by atoms with Gasteiger partial charge < -0.3 is 4.98 Å². The van der Waals surface area contributed by atoms with Crippen LogP contribution in [0.25, 0.3) is 11.3 Å². The van der Waals surface area contributed by atoms with Crippen molar-refractivity contribution in [1.29, 1.82) is 0 Å². The highest BCUT2D eigenvalue weighted by Gasteiger charge is 2.09. The Hall–Kier alpha value is -1.78. The maximum absolute atomic E-state index is 13.7. The molecule has 0 radical (unpaired) electrons. The Morgan fingerprint density at radius 3 is 2.67 bits per heavy atom. The first kappa shape index (κ1) is 14.2. The van der Waals surface area contributed by atoms with Gasteiger partial charge in [-0.1, -0.05) is 59.8 Å². The van der Waals surface area contributed by atoms with Gasteiger partial charge in [-0.3, -0.25) is 0 Å². The number of benzene rings is 2. The third-order valence-corrected chi connectivity index (χ3v) is 4.32. The third-order valence-electron chi connectivity index (χ3n) is 3.05. The highest BCUT2D eigenvalue weighted by molar-refractivity contribution is 7.98. The fraction of sp³-hybridized carbons (Fsp3) is 0.0625. The number of aromatic nitrogens is 2. The number of rotatable bonds is 4. The van der Waals surface area contributed by atoms with E-state index in [1.54, 1.807) is 18.3 Å². The maximum Gasteiger partial charge on any atom is 0.166 e. The number of nitrogens with one attached hydrogen (secondary N) is 1. The van der Waals surface area contributed by atoms with Gasteiger partial charge in [0.1, 0.15) is 5.82 Å². The highest BCUT2D eigenvalue weighted by atomic mass is 35.5. The zero-order chi connectivity index (χ0) is 14.7. The molecule has 2 aromatic carbocycles. The van der Waals surface area contributed by atoms with Crippen molar-refractivity contribution in [2.75, 3.05) is 0 Å². The van der Waals surface area contributed by atoms with Gasteiger partial charge in [-0.15, -0.1) is 0 Å². The van der Waals surface area contributed by atoms with E-state index >= 15 is 0 Å². The van der Waals surface area contributed by atoms with Crippen LogP contribution in [-0.2, 0) is 5.75 Å². The van der Waals surface area contributed by atoms with Crippen molar-refractivity contribution >= 4 is 23.4 Å². The van der Waals surface area contributed by atoms with E-state index in [9.17, 15) is 4.39 Å². The fourth-order valence-corrected chi connectivity index (χ4v) is 3.14. The van der Waals surface area contributed by atoms with Crippen molar-refractivity contribution in [1.82, 2.24) is 9.97 Å². The van der Waals surface area contributed by atoms with Gasteiger partial charge in [-0.2, -0.15) is 0 Å². The molecule has 2 nitrogen and oxygen atoms in total. The molecule has 1 heterocycles. The zero-order valence-electron chi connectivity index (χ0n) is 11.0. The summed E-state index contributed by atoms with van der Waals surface area (Å²) in [5, 5.41) is 1.19. The molecule has 0 aliphatic heterocycles. The molecule has 0 bridgehead atoms. The smallest absolute Gasteiger partial charge is 0.166 e. The number of imidazole rings is 1. The number of halogens is 2. The predicted molar refractivity (Wildman–Crippen MR) is 85.0 cm³/mol. The van der Waals surface area contributed by atoms with Crippen LogP contribution in [0, 0.1) is 5.82 Å². The van der Waals surface area contributed by atoms with Crippen LogP contribution in [0.15, 0.2) is 59.9 Å². The van der Waals surface area contributed by atoms with Crippen LogP contribution >= 0.6 is 23.4 Å². The van der Waals surface area contributed by atoms with Crippen LogP contribution in [0.2, 0.25) is 5.02 Å². The standard InChI is InChI=1S/C16H12ClFN2S/c17-13-7-4-8-14(18)12(13)10-21-16-19-9-15(20-16)11-5-2-1-3-6-11/h1-9H,10H2,(H,19,20). The molecule has 0 unspecified atom stereocenters. The van der Waals surface area contributed by atoms with E-state index in [1.807, 2.05) is 30.3 Å². The van der Waals surface area contributed by atoms with Gasteiger partial charge in [0.15, 0.2) is 5.16 Å². The average molecular weight is 319 g/mol. The van der Waals surface area contributed by atoms with Crippen molar-refractivity contribution < 1.29 is 4.39 Å². The maximum atomic E-state index is 13.7. The first-order valence-electron chi connectivity index (χ1n) is 6.40. The second-order valence-corrected chi connectivity index (χ2v) is 5.83. The van der Waals surface area contributed by atoms with Crippen LogP contribution in [-0.4, -0.2) is 9.97 Å². The number of aromatic amines is 1. The summed E-state index contributed by atoms with van der Waals surface area (Å²) in [6.45, 7) is 0. The molecule has 0 atom stereocenters. The highest BCUT2D eigenvalue weighted by Crippen LogP contribution is 2.28. The van der Waals surface area contributed by atoms with Crippen LogP contribution in [0.5, 0.6) is 0 Å². The van der Waals surface area contributed by atoms with Gasteiger partial charge in [0.05, 0.1) is 11.9 Å². The zero-order valence-corrected chi connectivity index (χ0v) is 12.6. The second-order valence-electron chi connectivity index (χ2n) is 4.46. The molecule has 1 aromatic heterocycles. The Labute approximate surface area is 131 Å². The monoisotopic (exact) mass is 318 g/mol. The largest absolute Gasteiger partial charge is 0.333 e. The normalized spacial score (nSPS) is 10.8. The van der Waals surface area contributed by atoms with E-state index in [2.05, 4.69) is 9.97 Å². The van der Waals surface area contributed by atoms with Gasteiger partial charge in [-0.25, -0.2) is 9.37 Å². The van der Waals surface area contributed by atoms with Gasteiger partial charge in [0.25, 0.3) is 0 Å².